The van der Waals surface area contributed by atoms with E-state index in [0.29, 0.717) is 13.0 Å². The number of anilines is 1. The van der Waals surface area contributed by atoms with Crippen LogP contribution in [0.4, 0.5) is 5.69 Å². The average Bonchev–Trinajstić information content (AvgIpc) is 2.28. The third-order valence-corrected chi connectivity index (χ3v) is 2.69. The summed E-state index contributed by atoms with van der Waals surface area (Å²) in [7, 11) is 0. The SMILES string of the molecule is CCOC(=O)C(CC)Nc1ccc(Br)cc1. The van der Waals surface area contributed by atoms with Crippen molar-refractivity contribution in [3.05, 3.63) is 28.7 Å². The second-order valence-electron chi connectivity index (χ2n) is 3.36. The minimum absolute atomic E-state index is 0.201. The van der Waals surface area contributed by atoms with Crippen LogP contribution in [0.1, 0.15) is 20.3 Å². The number of esters is 1. The minimum Gasteiger partial charge on any atom is -0.464 e. The summed E-state index contributed by atoms with van der Waals surface area (Å²) in [6, 6.07) is 7.43. The first-order valence-corrected chi connectivity index (χ1v) is 6.15. The van der Waals surface area contributed by atoms with Gasteiger partial charge in [-0.3, -0.25) is 0 Å². The summed E-state index contributed by atoms with van der Waals surface area (Å²) in [5, 5.41) is 3.15. The van der Waals surface area contributed by atoms with Crippen LogP contribution >= 0.6 is 15.9 Å². The maximum absolute atomic E-state index is 11.6. The zero-order valence-corrected chi connectivity index (χ0v) is 11.1. The Morgan fingerprint density at radius 1 is 1.38 bits per heavy atom. The lowest BCUT2D eigenvalue weighted by Crippen LogP contribution is -2.30. The Morgan fingerprint density at radius 2 is 2.00 bits per heavy atom. The Kier molecular flexibility index (Phi) is 5.32. The van der Waals surface area contributed by atoms with E-state index in [9.17, 15) is 4.79 Å². The summed E-state index contributed by atoms with van der Waals surface area (Å²) in [4.78, 5) is 11.6. The van der Waals surface area contributed by atoms with E-state index in [2.05, 4.69) is 21.2 Å². The summed E-state index contributed by atoms with van der Waals surface area (Å²) in [5.74, 6) is -0.201. The summed E-state index contributed by atoms with van der Waals surface area (Å²) < 4.78 is 6.00. The van der Waals surface area contributed by atoms with Crippen LogP contribution in [0, 0.1) is 0 Å². The Hall–Kier alpha value is -1.03. The molecule has 0 saturated carbocycles. The predicted molar refractivity (Wildman–Crippen MR) is 68.5 cm³/mol. The van der Waals surface area contributed by atoms with Gasteiger partial charge in [0.2, 0.25) is 0 Å². The number of ether oxygens (including phenoxy) is 1. The van der Waals surface area contributed by atoms with Gasteiger partial charge in [0.1, 0.15) is 6.04 Å². The topological polar surface area (TPSA) is 38.3 Å². The van der Waals surface area contributed by atoms with Crippen LogP contribution < -0.4 is 5.32 Å². The monoisotopic (exact) mass is 285 g/mol. The summed E-state index contributed by atoms with van der Waals surface area (Å²) in [6.45, 7) is 4.18. The molecule has 0 heterocycles. The van der Waals surface area contributed by atoms with Crippen LogP contribution in [-0.2, 0) is 9.53 Å². The predicted octanol–water partition coefficient (Wildman–Crippen LogP) is 3.20. The average molecular weight is 286 g/mol. The molecule has 4 heteroatoms. The Labute approximate surface area is 104 Å². The standard InChI is InChI=1S/C12H16BrNO2/c1-3-11(12(15)16-4-2)14-10-7-5-9(13)6-8-10/h5-8,11,14H,3-4H2,1-2H3. The van der Waals surface area contributed by atoms with Crippen molar-refractivity contribution in [2.24, 2.45) is 0 Å². The lowest BCUT2D eigenvalue weighted by Gasteiger charge is -2.16. The summed E-state index contributed by atoms with van der Waals surface area (Å²) >= 11 is 3.36. The Balaban J connectivity index is 2.62. The molecule has 1 rings (SSSR count). The molecule has 0 aliphatic carbocycles. The molecule has 0 aliphatic heterocycles. The number of nitrogens with one attached hydrogen (secondary N) is 1. The van der Waals surface area contributed by atoms with Gasteiger partial charge >= 0.3 is 5.97 Å². The molecule has 1 aromatic carbocycles. The van der Waals surface area contributed by atoms with E-state index < -0.39 is 0 Å². The van der Waals surface area contributed by atoms with Crippen molar-refractivity contribution >= 4 is 27.6 Å². The fraction of sp³-hybridized carbons (Fsp3) is 0.417. The first-order chi connectivity index (χ1) is 7.67. The van der Waals surface area contributed by atoms with Crippen LogP contribution in [0.2, 0.25) is 0 Å². The normalized spacial score (nSPS) is 11.9. The first kappa shape index (κ1) is 13.0. The highest BCUT2D eigenvalue weighted by Gasteiger charge is 2.16. The number of hydrogen-bond donors (Lipinski definition) is 1. The molecular formula is C12H16BrNO2. The van der Waals surface area contributed by atoms with Crippen molar-refractivity contribution < 1.29 is 9.53 Å². The van der Waals surface area contributed by atoms with Gasteiger partial charge in [-0.1, -0.05) is 22.9 Å². The first-order valence-electron chi connectivity index (χ1n) is 5.36. The van der Waals surface area contributed by atoms with Crippen LogP contribution in [0.5, 0.6) is 0 Å². The van der Waals surface area contributed by atoms with E-state index in [0.717, 1.165) is 10.2 Å². The quantitative estimate of drug-likeness (QED) is 0.845. The molecule has 0 amide bonds. The molecule has 0 fully saturated rings. The molecule has 0 spiro atoms. The molecule has 0 radical (unpaired) electrons. The van der Waals surface area contributed by atoms with E-state index >= 15 is 0 Å². The van der Waals surface area contributed by atoms with Gasteiger partial charge in [-0.05, 0) is 37.6 Å². The highest BCUT2D eigenvalue weighted by molar-refractivity contribution is 9.10. The number of carbonyl (C=O) groups is 1. The Bertz CT molecular complexity index is 337. The second kappa shape index (κ2) is 6.53. The van der Waals surface area contributed by atoms with Gasteiger partial charge in [0.25, 0.3) is 0 Å². The highest BCUT2D eigenvalue weighted by atomic mass is 79.9. The fourth-order valence-electron chi connectivity index (χ4n) is 1.32. The third kappa shape index (κ3) is 3.85. The molecule has 0 saturated heterocycles. The molecule has 0 aromatic heterocycles. The van der Waals surface area contributed by atoms with Crippen molar-refractivity contribution in [1.82, 2.24) is 0 Å². The van der Waals surface area contributed by atoms with Crippen LogP contribution in [0.3, 0.4) is 0 Å². The van der Waals surface area contributed by atoms with Crippen LogP contribution in [0.25, 0.3) is 0 Å². The van der Waals surface area contributed by atoms with Crippen molar-refractivity contribution in [1.29, 1.82) is 0 Å². The molecule has 1 N–H and O–H groups in total. The number of halogens is 1. The Morgan fingerprint density at radius 3 is 2.50 bits per heavy atom. The molecule has 1 atom stereocenters. The highest BCUT2D eigenvalue weighted by Crippen LogP contribution is 2.15. The van der Waals surface area contributed by atoms with Gasteiger partial charge < -0.3 is 10.1 Å². The zero-order chi connectivity index (χ0) is 12.0. The van der Waals surface area contributed by atoms with Gasteiger partial charge in [-0.25, -0.2) is 4.79 Å². The third-order valence-electron chi connectivity index (χ3n) is 2.16. The summed E-state index contributed by atoms with van der Waals surface area (Å²) in [6.07, 6.45) is 0.703. The number of carbonyl (C=O) groups excluding carboxylic acids is 1. The largest absolute Gasteiger partial charge is 0.464 e. The molecular weight excluding hydrogens is 270 g/mol. The van der Waals surface area contributed by atoms with Gasteiger partial charge in [-0.15, -0.1) is 0 Å². The van der Waals surface area contributed by atoms with Crippen LogP contribution in [-0.4, -0.2) is 18.6 Å². The van der Waals surface area contributed by atoms with E-state index in [1.807, 2.05) is 38.1 Å². The molecule has 1 aromatic rings. The van der Waals surface area contributed by atoms with Crippen molar-refractivity contribution in [2.75, 3.05) is 11.9 Å². The van der Waals surface area contributed by atoms with Crippen molar-refractivity contribution in [3.8, 4) is 0 Å². The van der Waals surface area contributed by atoms with E-state index in [1.54, 1.807) is 0 Å². The maximum Gasteiger partial charge on any atom is 0.328 e. The second-order valence-corrected chi connectivity index (χ2v) is 4.28. The number of rotatable bonds is 5. The smallest absolute Gasteiger partial charge is 0.328 e. The molecule has 0 bridgehead atoms. The molecule has 88 valence electrons. The van der Waals surface area contributed by atoms with Crippen molar-refractivity contribution in [2.45, 2.75) is 26.3 Å². The molecule has 0 aliphatic rings. The molecule has 1 unspecified atom stereocenters. The molecule has 16 heavy (non-hydrogen) atoms. The maximum atomic E-state index is 11.6. The summed E-state index contributed by atoms with van der Waals surface area (Å²) in [5.41, 5.74) is 0.920. The number of hydrogen-bond acceptors (Lipinski definition) is 3. The van der Waals surface area contributed by atoms with Gasteiger partial charge in [0.05, 0.1) is 6.61 Å². The zero-order valence-electron chi connectivity index (χ0n) is 9.50. The van der Waals surface area contributed by atoms with Gasteiger partial charge in [0.15, 0.2) is 0 Å². The van der Waals surface area contributed by atoms with Gasteiger partial charge in [-0.2, -0.15) is 0 Å². The number of benzene rings is 1. The van der Waals surface area contributed by atoms with E-state index in [4.69, 9.17) is 4.74 Å². The van der Waals surface area contributed by atoms with Crippen molar-refractivity contribution in [3.63, 3.8) is 0 Å². The minimum atomic E-state index is -0.277. The van der Waals surface area contributed by atoms with E-state index in [-0.39, 0.29) is 12.0 Å². The lowest BCUT2D eigenvalue weighted by molar-refractivity contribution is -0.144. The van der Waals surface area contributed by atoms with Gasteiger partial charge in [0, 0.05) is 10.2 Å². The fourth-order valence-corrected chi connectivity index (χ4v) is 1.58. The molecule has 3 nitrogen and oxygen atoms in total. The van der Waals surface area contributed by atoms with Crippen LogP contribution in [0.15, 0.2) is 28.7 Å². The van der Waals surface area contributed by atoms with E-state index in [1.165, 1.54) is 0 Å². The lowest BCUT2D eigenvalue weighted by atomic mass is 10.2.